The van der Waals surface area contributed by atoms with Crippen molar-refractivity contribution < 1.29 is 5.02 Å². The molecule has 0 aliphatic rings. The van der Waals surface area contributed by atoms with Crippen molar-refractivity contribution in [2.75, 3.05) is 14.1 Å². The molecule has 63 valence electrons. The van der Waals surface area contributed by atoms with Gasteiger partial charge in [0.15, 0.2) is 0 Å². The Labute approximate surface area is 74.1 Å². The summed E-state index contributed by atoms with van der Waals surface area (Å²) in [7, 11) is 5.18. The third-order valence-corrected chi connectivity index (χ3v) is 1.63. The van der Waals surface area contributed by atoms with E-state index in [1.807, 2.05) is 38.4 Å². The Morgan fingerprint density at radius 1 is 1.25 bits per heavy atom. The van der Waals surface area contributed by atoms with Gasteiger partial charge in [0.1, 0.15) is 0 Å². The number of hydrogen-bond acceptors (Lipinski definition) is 2. The molecule has 0 aliphatic carbocycles. The Morgan fingerprint density at radius 3 is 2.25 bits per heavy atom. The van der Waals surface area contributed by atoms with Gasteiger partial charge in [0.05, 0.1) is 0 Å². The normalized spacial score (nSPS) is 10.3. The van der Waals surface area contributed by atoms with Crippen molar-refractivity contribution in [1.29, 1.82) is 0 Å². The summed E-state index contributed by atoms with van der Waals surface area (Å²) >= 11 is 0. The van der Waals surface area contributed by atoms with E-state index in [9.17, 15) is 0 Å². The zero-order valence-corrected chi connectivity index (χ0v) is 7.49. The first kappa shape index (κ1) is 9.29. The number of rotatable bonds is 3. The highest BCUT2D eigenvalue weighted by molar-refractivity contribution is 6.45. The highest BCUT2D eigenvalue weighted by Crippen LogP contribution is 1.98. The summed E-state index contributed by atoms with van der Waals surface area (Å²) in [4.78, 5) is 2.11. The second kappa shape index (κ2) is 4.29. The van der Waals surface area contributed by atoms with Crippen LogP contribution in [0.4, 0.5) is 0 Å². The van der Waals surface area contributed by atoms with Crippen LogP contribution in [-0.2, 0) is 6.54 Å². The van der Waals surface area contributed by atoms with Crippen LogP contribution in [0.1, 0.15) is 5.56 Å². The third kappa shape index (κ3) is 2.68. The largest absolute Gasteiger partial charge is 0.450 e. The quantitative estimate of drug-likeness (QED) is 0.631. The fourth-order valence-electron chi connectivity index (χ4n) is 1.07. The summed E-state index contributed by atoms with van der Waals surface area (Å²) in [5, 5.41) is 8.67. The van der Waals surface area contributed by atoms with Crippen LogP contribution in [0, 0.1) is 0 Å². The smallest absolute Gasteiger partial charge is 0.326 e. The number of hydrogen-bond donors (Lipinski definition) is 1. The average Bonchev–Trinajstić information content (AvgIpc) is 2.05. The lowest BCUT2D eigenvalue weighted by molar-refractivity contribution is 0.402. The van der Waals surface area contributed by atoms with Crippen LogP contribution in [0.25, 0.3) is 0 Å². The lowest BCUT2D eigenvalue weighted by Crippen LogP contribution is -2.15. The van der Waals surface area contributed by atoms with Crippen molar-refractivity contribution in [1.82, 2.24) is 4.90 Å². The monoisotopic (exact) mass is 162 g/mol. The second-order valence-electron chi connectivity index (χ2n) is 3.11. The van der Waals surface area contributed by atoms with Crippen molar-refractivity contribution in [3.63, 3.8) is 0 Å². The van der Waals surface area contributed by atoms with Gasteiger partial charge in [0.2, 0.25) is 0 Å². The van der Waals surface area contributed by atoms with Crippen LogP contribution in [0.2, 0.25) is 0 Å². The molecular formula is C9H13BNO. The summed E-state index contributed by atoms with van der Waals surface area (Å²) in [5.74, 6) is 0. The molecule has 0 aromatic heterocycles. The predicted molar refractivity (Wildman–Crippen MR) is 51.4 cm³/mol. The maximum atomic E-state index is 8.67. The topological polar surface area (TPSA) is 23.5 Å². The third-order valence-electron chi connectivity index (χ3n) is 1.63. The summed E-state index contributed by atoms with van der Waals surface area (Å²) in [6.07, 6.45) is 0. The summed E-state index contributed by atoms with van der Waals surface area (Å²) in [5.41, 5.74) is 2.10. The van der Waals surface area contributed by atoms with E-state index in [1.165, 1.54) is 5.56 Å². The molecule has 1 radical (unpaired) electrons. The van der Waals surface area contributed by atoms with E-state index in [1.54, 1.807) is 0 Å². The maximum Gasteiger partial charge on any atom is 0.326 e. The SMILES string of the molecule is CN(C)Cc1ccc([B]O)cc1. The van der Waals surface area contributed by atoms with Gasteiger partial charge in [-0.25, -0.2) is 0 Å². The zero-order valence-electron chi connectivity index (χ0n) is 7.49. The van der Waals surface area contributed by atoms with Gasteiger partial charge in [-0.1, -0.05) is 29.7 Å². The molecule has 0 heterocycles. The first-order valence-electron chi connectivity index (χ1n) is 3.93. The molecule has 0 spiro atoms. The Kier molecular flexibility index (Phi) is 3.32. The summed E-state index contributed by atoms with van der Waals surface area (Å²) in [6.45, 7) is 0.936. The standard InChI is InChI=1S/C9H13BNO/c1-11(2)7-8-3-5-9(10-12)6-4-8/h3-6,12H,7H2,1-2H3. The molecule has 1 aromatic rings. The molecule has 12 heavy (non-hydrogen) atoms. The Hall–Kier alpha value is -0.795. The molecule has 2 nitrogen and oxygen atoms in total. The van der Waals surface area contributed by atoms with E-state index in [4.69, 9.17) is 5.02 Å². The van der Waals surface area contributed by atoms with Crippen LogP contribution < -0.4 is 5.46 Å². The first-order valence-corrected chi connectivity index (χ1v) is 3.93. The number of nitrogens with zero attached hydrogens (tertiary/aromatic N) is 1. The Balaban J connectivity index is 2.65. The van der Waals surface area contributed by atoms with Gasteiger partial charge in [-0.15, -0.1) is 0 Å². The van der Waals surface area contributed by atoms with E-state index in [0.29, 0.717) is 0 Å². The first-order chi connectivity index (χ1) is 5.72. The summed E-state index contributed by atoms with van der Waals surface area (Å²) < 4.78 is 0. The van der Waals surface area contributed by atoms with Gasteiger partial charge in [0, 0.05) is 6.54 Å². The van der Waals surface area contributed by atoms with Crippen LogP contribution in [-0.4, -0.2) is 31.5 Å². The molecule has 1 N–H and O–H groups in total. The fourth-order valence-corrected chi connectivity index (χ4v) is 1.07. The van der Waals surface area contributed by atoms with E-state index in [2.05, 4.69) is 4.90 Å². The molecule has 0 saturated heterocycles. The van der Waals surface area contributed by atoms with Gasteiger partial charge in [0.25, 0.3) is 0 Å². The van der Waals surface area contributed by atoms with Crippen molar-refractivity contribution in [2.45, 2.75) is 6.54 Å². The molecule has 0 saturated carbocycles. The molecule has 3 heteroatoms. The van der Waals surface area contributed by atoms with Crippen molar-refractivity contribution in [3.05, 3.63) is 29.8 Å². The second-order valence-corrected chi connectivity index (χ2v) is 3.11. The van der Waals surface area contributed by atoms with Gasteiger partial charge < -0.3 is 9.92 Å². The fraction of sp³-hybridized carbons (Fsp3) is 0.333. The van der Waals surface area contributed by atoms with E-state index >= 15 is 0 Å². The van der Waals surface area contributed by atoms with Crippen molar-refractivity contribution in [3.8, 4) is 0 Å². The molecule has 0 unspecified atom stereocenters. The van der Waals surface area contributed by atoms with Gasteiger partial charge in [-0.05, 0) is 19.7 Å². The molecule has 0 fully saturated rings. The molecule has 0 bridgehead atoms. The van der Waals surface area contributed by atoms with Crippen LogP contribution >= 0.6 is 0 Å². The van der Waals surface area contributed by atoms with Gasteiger partial charge >= 0.3 is 7.48 Å². The van der Waals surface area contributed by atoms with Crippen LogP contribution in [0.3, 0.4) is 0 Å². The lowest BCUT2D eigenvalue weighted by atomic mass is 9.88. The highest BCUT2D eigenvalue weighted by Gasteiger charge is 1.95. The highest BCUT2D eigenvalue weighted by atomic mass is 16.2. The van der Waals surface area contributed by atoms with Crippen molar-refractivity contribution in [2.24, 2.45) is 0 Å². The Bertz CT molecular complexity index is 233. The lowest BCUT2D eigenvalue weighted by Gasteiger charge is -2.09. The predicted octanol–water partition coefficient (Wildman–Crippen LogP) is -0.0150. The average molecular weight is 162 g/mol. The van der Waals surface area contributed by atoms with Gasteiger partial charge in [-0.2, -0.15) is 0 Å². The van der Waals surface area contributed by atoms with Gasteiger partial charge in [-0.3, -0.25) is 0 Å². The Morgan fingerprint density at radius 2 is 1.83 bits per heavy atom. The van der Waals surface area contributed by atoms with Crippen LogP contribution in [0.5, 0.6) is 0 Å². The molecular weight excluding hydrogens is 149 g/mol. The number of benzene rings is 1. The molecule has 0 atom stereocenters. The minimum atomic E-state index is 0.845. The summed E-state index contributed by atoms with van der Waals surface area (Å²) in [6, 6.07) is 7.84. The molecule has 0 aliphatic heterocycles. The molecule has 1 aromatic carbocycles. The van der Waals surface area contributed by atoms with Crippen LogP contribution in [0.15, 0.2) is 24.3 Å². The van der Waals surface area contributed by atoms with E-state index in [-0.39, 0.29) is 0 Å². The maximum absolute atomic E-state index is 8.67. The van der Waals surface area contributed by atoms with E-state index < -0.39 is 0 Å². The minimum absolute atomic E-state index is 0.845. The molecule has 0 amide bonds. The zero-order chi connectivity index (χ0) is 8.97. The minimum Gasteiger partial charge on any atom is -0.450 e. The van der Waals surface area contributed by atoms with Crippen molar-refractivity contribution >= 4 is 12.9 Å². The van der Waals surface area contributed by atoms with E-state index in [0.717, 1.165) is 19.5 Å². The molecule has 1 rings (SSSR count).